The van der Waals surface area contributed by atoms with Crippen LogP contribution in [-0.2, 0) is 0 Å². The van der Waals surface area contributed by atoms with Crippen LogP contribution in [0.3, 0.4) is 0 Å². The summed E-state index contributed by atoms with van der Waals surface area (Å²) in [5.74, 6) is 4.13. The second-order valence-corrected chi connectivity index (χ2v) is 9.91. The van der Waals surface area contributed by atoms with Crippen molar-refractivity contribution in [2.45, 2.75) is 48.5 Å². The van der Waals surface area contributed by atoms with Crippen molar-refractivity contribution in [1.29, 1.82) is 0 Å². The van der Waals surface area contributed by atoms with Crippen LogP contribution >= 0.6 is 0 Å². The van der Waals surface area contributed by atoms with E-state index < -0.39 is 0 Å². The fraction of sp³-hybridized carbons (Fsp3) is 0.226. The Balaban J connectivity index is 1.56. The Morgan fingerprint density at radius 1 is 0.486 bits per heavy atom. The van der Waals surface area contributed by atoms with Gasteiger partial charge in [0.05, 0.1) is 5.39 Å². The SMILES string of the molecule is Cc1cc(C)cc(Oc2c(C)cc(C)c3c2Oc2c(C)cc4oc5cc(C)cc(C)c5c4c2O3)c1. The van der Waals surface area contributed by atoms with Gasteiger partial charge in [0.2, 0.25) is 5.75 Å². The largest absolute Gasteiger partial charge is 0.456 e. The Hall–Kier alpha value is -3.92. The molecule has 0 saturated carbocycles. The van der Waals surface area contributed by atoms with E-state index in [2.05, 4.69) is 52.0 Å². The van der Waals surface area contributed by atoms with E-state index in [1.165, 1.54) is 5.56 Å². The van der Waals surface area contributed by atoms with Crippen LogP contribution in [0.25, 0.3) is 21.9 Å². The maximum atomic E-state index is 6.67. The molecule has 5 aromatic rings. The van der Waals surface area contributed by atoms with Gasteiger partial charge in [-0.2, -0.15) is 0 Å². The zero-order chi connectivity index (χ0) is 24.6. The molecular weight excluding hydrogens is 436 g/mol. The third-order valence-corrected chi connectivity index (χ3v) is 6.68. The number of hydrogen-bond donors (Lipinski definition) is 0. The Labute approximate surface area is 205 Å². The minimum Gasteiger partial charge on any atom is -0.456 e. The maximum Gasteiger partial charge on any atom is 0.213 e. The Morgan fingerprint density at radius 3 is 1.83 bits per heavy atom. The van der Waals surface area contributed by atoms with E-state index in [1.54, 1.807) is 0 Å². The fourth-order valence-corrected chi connectivity index (χ4v) is 5.31. The van der Waals surface area contributed by atoms with Gasteiger partial charge in [0, 0.05) is 5.39 Å². The van der Waals surface area contributed by atoms with Crippen molar-refractivity contribution in [1.82, 2.24) is 0 Å². The number of fused-ring (bicyclic) bond motifs is 6. The monoisotopic (exact) mass is 464 g/mol. The Kier molecular flexibility index (Phi) is 4.65. The summed E-state index contributed by atoms with van der Waals surface area (Å²) < 4.78 is 26.0. The number of benzene rings is 4. The van der Waals surface area contributed by atoms with Crippen molar-refractivity contribution in [3.05, 3.63) is 81.4 Å². The van der Waals surface area contributed by atoms with Crippen molar-refractivity contribution >= 4 is 21.9 Å². The topological polar surface area (TPSA) is 40.8 Å². The summed E-state index contributed by atoms with van der Waals surface area (Å²) in [6.45, 7) is 14.4. The number of hydrogen-bond acceptors (Lipinski definition) is 4. The molecular formula is C31H28O4. The van der Waals surface area contributed by atoms with Gasteiger partial charge in [0.25, 0.3) is 0 Å². The van der Waals surface area contributed by atoms with E-state index >= 15 is 0 Å². The molecule has 0 fully saturated rings. The van der Waals surface area contributed by atoms with Gasteiger partial charge < -0.3 is 18.6 Å². The van der Waals surface area contributed by atoms with E-state index in [-0.39, 0.29) is 0 Å². The molecule has 0 radical (unpaired) electrons. The van der Waals surface area contributed by atoms with Crippen LogP contribution < -0.4 is 14.2 Å². The molecule has 6 rings (SSSR count). The molecule has 1 aromatic heterocycles. The lowest BCUT2D eigenvalue weighted by Gasteiger charge is -2.27. The lowest BCUT2D eigenvalue weighted by Crippen LogP contribution is -2.05. The molecule has 4 aromatic carbocycles. The number of rotatable bonds is 2. The molecule has 0 N–H and O–H groups in total. The first-order valence-electron chi connectivity index (χ1n) is 11.9. The third-order valence-electron chi connectivity index (χ3n) is 6.68. The molecule has 1 aliphatic rings. The lowest BCUT2D eigenvalue weighted by atomic mass is 10.0. The first-order chi connectivity index (χ1) is 16.7. The highest BCUT2D eigenvalue weighted by Gasteiger charge is 2.31. The summed E-state index contributed by atoms with van der Waals surface area (Å²) in [5, 5.41) is 2.01. The van der Waals surface area contributed by atoms with E-state index in [1.807, 2.05) is 39.0 Å². The normalized spacial score (nSPS) is 12.3. The molecule has 0 bridgehead atoms. The predicted octanol–water partition coefficient (Wildman–Crippen LogP) is 9.44. The van der Waals surface area contributed by atoms with E-state index in [0.717, 1.165) is 61.1 Å². The van der Waals surface area contributed by atoms with Crippen LogP contribution in [-0.4, -0.2) is 0 Å². The third kappa shape index (κ3) is 3.35. The van der Waals surface area contributed by atoms with Crippen molar-refractivity contribution in [2.24, 2.45) is 0 Å². The van der Waals surface area contributed by atoms with Gasteiger partial charge >= 0.3 is 0 Å². The lowest BCUT2D eigenvalue weighted by molar-refractivity contribution is 0.339. The van der Waals surface area contributed by atoms with Crippen molar-refractivity contribution in [3.8, 4) is 34.5 Å². The van der Waals surface area contributed by atoms with E-state index in [9.17, 15) is 0 Å². The van der Waals surface area contributed by atoms with Crippen molar-refractivity contribution in [3.63, 3.8) is 0 Å². The molecule has 35 heavy (non-hydrogen) atoms. The molecule has 0 unspecified atom stereocenters. The van der Waals surface area contributed by atoms with Crippen LogP contribution in [0, 0.1) is 48.5 Å². The van der Waals surface area contributed by atoms with Crippen LogP contribution in [0.2, 0.25) is 0 Å². The second-order valence-electron chi connectivity index (χ2n) is 9.91. The summed E-state index contributed by atoms with van der Waals surface area (Å²) in [6, 6.07) is 14.6. The van der Waals surface area contributed by atoms with Gasteiger partial charge in [0.1, 0.15) is 16.9 Å². The summed E-state index contributed by atoms with van der Waals surface area (Å²) >= 11 is 0. The van der Waals surface area contributed by atoms with Crippen molar-refractivity contribution < 1.29 is 18.6 Å². The molecule has 176 valence electrons. The maximum absolute atomic E-state index is 6.67. The molecule has 4 nitrogen and oxygen atoms in total. The molecule has 0 saturated heterocycles. The number of furan rings is 1. The smallest absolute Gasteiger partial charge is 0.213 e. The zero-order valence-corrected chi connectivity index (χ0v) is 21.2. The number of ether oxygens (including phenoxy) is 3. The number of aryl methyl sites for hydroxylation is 7. The molecule has 0 spiro atoms. The molecule has 4 heteroatoms. The Morgan fingerprint density at radius 2 is 1.09 bits per heavy atom. The summed E-state index contributed by atoms with van der Waals surface area (Å²) in [7, 11) is 0. The van der Waals surface area contributed by atoms with Gasteiger partial charge in [-0.15, -0.1) is 0 Å². The molecule has 0 aliphatic carbocycles. The first-order valence-corrected chi connectivity index (χ1v) is 11.9. The van der Waals surface area contributed by atoms with Crippen LogP contribution in [0.4, 0.5) is 0 Å². The van der Waals surface area contributed by atoms with Crippen LogP contribution in [0.1, 0.15) is 38.9 Å². The summed E-state index contributed by atoms with van der Waals surface area (Å²) in [6.07, 6.45) is 0. The van der Waals surface area contributed by atoms with E-state index in [4.69, 9.17) is 18.6 Å². The van der Waals surface area contributed by atoms with Gasteiger partial charge in [0.15, 0.2) is 23.0 Å². The standard InChI is InChI=1S/C31H28O4/c1-15-8-16(2)11-22(10-15)32-28-19(5)13-20(6)29-31(28)35-27-21(7)14-24-26(30(27)34-29)25-18(4)9-17(3)12-23(25)33-24/h8-14H,1-7H3. The highest BCUT2D eigenvalue weighted by Crippen LogP contribution is 2.57. The average molecular weight is 465 g/mol. The van der Waals surface area contributed by atoms with Gasteiger partial charge in [-0.3, -0.25) is 0 Å². The van der Waals surface area contributed by atoms with E-state index in [0.29, 0.717) is 28.7 Å². The van der Waals surface area contributed by atoms with Crippen LogP contribution in [0.15, 0.2) is 46.9 Å². The summed E-state index contributed by atoms with van der Waals surface area (Å²) in [4.78, 5) is 0. The van der Waals surface area contributed by atoms with Gasteiger partial charge in [-0.1, -0.05) is 12.1 Å². The second kappa shape index (κ2) is 7.54. The first kappa shape index (κ1) is 21.6. The minimum atomic E-state index is 0.608. The van der Waals surface area contributed by atoms with Gasteiger partial charge in [-0.25, -0.2) is 0 Å². The molecule has 0 amide bonds. The fourth-order valence-electron chi connectivity index (χ4n) is 5.31. The minimum absolute atomic E-state index is 0.608. The van der Waals surface area contributed by atoms with Crippen LogP contribution in [0.5, 0.6) is 34.5 Å². The average Bonchev–Trinajstić information content (AvgIpc) is 3.13. The van der Waals surface area contributed by atoms with Gasteiger partial charge in [-0.05, 0) is 118 Å². The predicted molar refractivity (Wildman–Crippen MR) is 140 cm³/mol. The quantitative estimate of drug-likeness (QED) is 0.256. The summed E-state index contributed by atoms with van der Waals surface area (Å²) in [5.41, 5.74) is 9.21. The highest BCUT2D eigenvalue weighted by molar-refractivity contribution is 6.11. The highest BCUT2D eigenvalue weighted by atomic mass is 16.6. The Bertz CT molecular complexity index is 1670. The molecule has 2 heterocycles. The molecule has 0 atom stereocenters. The zero-order valence-electron chi connectivity index (χ0n) is 21.2. The van der Waals surface area contributed by atoms with Crippen molar-refractivity contribution in [2.75, 3.05) is 0 Å². The molecule has 1 aliphatic heterocycles.